The summed E-state index contributed by atoms with van der Waals surface area (Å²) in [6, 6.07) is 11.6. The van der Waals surface area contributed by atoms with Crippen molar-refractivity contribution in [2.24, 2.45) is 5.92 Å². The lowest BCUT2D eigenvalue weighted by Gasteiger charge is -2.15. The van der Waals surface area contributed by atoms with Crippen LogP contribution in [0.3, 0.4) is 0 Å². The Labute approximate surface area is 250 Å². The molecular formula is C33H45ClO5S. The van der Waals surface area contributed by atoms with Crippen molar-refractivity contribution in [3.05, 3.63) is 87.5 Å². The molecule has 2 aromatic rings. The number of carboxylic acids is 1. The van der Waals surface area contributed by atoms with Gasteiger partial charge in [-0.1, -0.05) is 77.8 Å². The molecule has 0 aliphatic carbocycles. The zero-order valence-corrected chi connectivity index (χ0v) is 26.7. The van der Waals surface area contributed by atoms with Crippen LogP contribution in [0.2, 0.25) is 5.02 Å². The van der Waals surface area contributed by atoms with Gasteiger partial charge in [0, 0.05) is 17.1 Å². The van der Waals surface area contributed by atoms with Crippen molar-refractivity contribution in [1.29, 1.82) is 0 Å². The molecule has 2 aromatic carbocycles. The SMILES string of the molecule is CC/C=C\O/C(=C(\C)C(=O)C(C)CC)c1ccccc1C(=O)O.CCC.CCS/C=C(\C)c1ccc(O)cc1Cl. The fourth-order valence-electron chi connectivity index (χ4n) is 3.20. The highest BCUT2D eigenvalue weighted by molar-refractivity contribution is 8.02. The summed E-state index contributed by atoms with van der Waals surface area (Å²) in [4.78, 5) is 24.0. The molecule has 2 N–H and O–H groups in total. The molecule has 220 valence electrons. The van der Waals surface area contributed by atoms with E-state index in [1.165, 1.54) is 18.7 Å². The molecule has 0 fully saturated rings. The smallest absolute Gasteiger partial charge is 0.336 e. The third kappa shape index (κ3) is 12.9. The summed E-state index contributed by atoms with van der Waals surface area (Å²) in [6.45, 7) is 15.8. The van der Waals surface area contributed by atoms with Gasteiger partial charge in [-0.3, -0.25) is 4.79 Å². The van der Waals surface area contributed by atoms with Crippen molar-refractivity contribution in [1.82, 2.24) is 0 Å². The number of ketones is 1. The minimum absolute atomic E-state index is 0.0346. The number of phenols is 1. The first-order chi connectivity index (χ1) is 19.0. The molecule has 0 amide bonds. The molecule has 40 heavy (non-hydrogen) atoms. The van der Waals surface area contributed by atoms with E-state index in [9.17, 15) is 19.8 Å². The Morgan fingerprint density at radius 3 is 2.10 bits per heavy atom. The van der Waals surface area contributed by atoms with Gasteiger partial charge >= 0.3 is 5.97 Å². The van der Waals surface area contributed by atoms with E-state index < -0.39 is 5.97 Å². The number of benzene rings is 2. The average Bonchev–Trinajstić information content (AvgIpc) is 2.93. The lowest BCUT2D eigenvalue weighted by molar-refractivity contribution is -0.118. The van der Waals surface area contributed by atoms with E-state index in [0.29, 0.717) is 21.9 Å². The number of allylic oxidation sites excluding steroid dienone is 3. The molecule has 0 aliphatic heterocycles. The van der Waals surface area contributed by atoms with Crippen molar-refractivity contribution in [3.8, 4) is 5.75 Å². The monoisotopic (exact) mass is 588 g/mol. The highest BCUT2D eigenvalue weighted by atomic mass is 35.5. The van der Waals surface area contributed by atoms with Crippen molar-refractivity contribution >= 4 is 46.4 Å². The molecule has 0 heterocycles. The van der Waals surface area contributed by atoms with Gasteiger partial charge in [-0.2, -0.15) is 0 Å². The van der Waals surface area contributed by atoms with Gasteiger partial charge in [0.05, 0.1) is 16.8 Å². The summed E-state index contributed by atoms with van der Waals surface area (Å²) < 4.78 is 5.65. The fourth-order valence-corrected chi connectivity index (χ4v) is 4.06. The van der Waals surface area contributed by atoms with Crippen molar-refractivity contribution in [2.45, 2.75) is 74.7 Å². The number of ether oxygens (including phenoxy) is 1. The summed E-state index contributed by atoms with van der Waals surface area (Å²) >= 11 is 7.73. The number of phenolic OH excluding ortho intramolecular Hbond substituents is 1. The van der Waals surface area contributed by atoms with Gasteiger partial charge < -0.3 is 14.9 Å². The molecule has 0 spiro atoms. The molecule has 0 saturated carbocycles. The molecular weight excluding hydrogens is 544 g/mol. The van der Waals surface area contributed by atoms with Gasteiger partial charge in [0.2, 0.25) is 0 Å². The Hall–Kier alpha value is -2.96. The van der Waals surface area contributed by atoms with Crippen LogP contribution in [0.25, 0.3) is 11.3 Å². The summed E-state index contributed by atoms with van der Waals surface area (Å²) in [6.07, 6.45) is 6.06. The first-order valence-electron chi connectivity index (χ1n) is 13.7. The Morgan fingerprint density at radius 2 is 1.60 bits per heavy atom. The molecule has 2 rings (SSSR count). The van der Waals surface area contributed by atoms with Gasteiger partial charge in [0.1, 0.15) is 11.5 Å². The van der Waals surface area contributed by atoms with E-state index in [4.69, 9.17) is 16.3 Å². The van der Waals surface area contributed by atoms with Gasteiger partial charge in [-0.05, 0) is 79.3 Å². The average molecular weight is 589 g/mol. The number of hydrogen-bond donors (Lipinski definition) is 2. The van der Waals surface area contributed by atoms with Crippen LogP contribution in [0.5, 0.6) is 5.75 Å². The fraction of sp³-hybridized carbons (Fsp3) is 0.394. The maximum atomic E-state index is 12.5. The standard InChI is InChI=1S/C19H24O4.C11H13ClOS.C3H8/c1-5-7-12-23-18(14(4)17(20)13(3)6-2)15-10-8-9-11-16(15)19(21)22;1-3-14-7-8(2)10-5-4-9(13)6-11(10)12;1-3-2/h7-13H,5-6H2,1-4H3,(H,21,22);4-7,13H,3H2,1-2H3;3H2,1-2H3/b12-7-,18-14+;8-7+;. The van der Waals surface area contributed by atoms with E-state index in [-0.39, 0.29) is 23.0 Å². The molecule has 0 radical (unpaired) electrons. The highest BCUT2D eigenvalue weighted by Crippen LogP contribution is 2.29. The molecule has 1 unspecified atom stereocenters. The number of rotatable bonds is 11. The lowest BCUT2D eigenvalue weighted by Crippen LogP contribution is -2.14. The molecule has 1 atom stereocenters. The van der Waals surface area contributed by atoms with E-state index in [1.807, 2.05) is 39.8 Å². The number of aromatic carboxylic acids is 1. The summed E-state index contributed by atoms with van der Waals surface area (Å²) in [7, 11) is 0. The van der Waals surface area contributed by atoms with Gasteiger partial charge in [-0.15, -0.1) is 11.8 Å². The molecule has 0 aliphatic rings. The maximum absolute atomic E-state index is 12.5. The number of Topliss-reactive ketones (excluding diaryl/α,β-unsaturated/α-hetero) is 1. The topological polar surface area (TPSA) is 83.8 Å². The zero-order valence-electron chi connectivity index (χ0n) is 25.1. The molecule has 7 heteroatoms. The number of aromatic hydroxyl groups is 1. The summed E-state index contributed by atoms with van der Waals surface area (Å²) in [5.74, 6) is 0.332. The van der Waals surface area contributed by atoms with Gasteiger partial charge in [-0.25, -0.2) is 4.79 Å². The van der Waals surface area contributed by atoms with E-state index >= 15 is 0 Å². The Balaban J connectivity index is 0.000000759. The van der Waals surface area contributed by atoms with Crippen LogP contribution < -0.4 is 0 Å². The number of halogens is 1. The van der Waals surface area contributed by atoms with E-state index in [2.05, 4.69) is 26.2 Å². The number of carbonyl (C=O) groups excluding carboxylic acids is 1. The van der Waals surface area contributed by atoms with Crippen LogP contribution in [0.1, 0.15) is 96.1 Å². The Kier molecular flexibility index (Phi) is 19.3. The molecule has 5 nitrogen and oxygen atoms in total. The number of hydrogen-bond acceptors (Lipinski definition) is 5. The van der Waals surface area contributed by atoms with Crippen molar-refractivity contribution in [2.75, 3.05) is 5.75 Å². The highest BCUT2D eigenvalue weighted by Gasteiger charge is 2.22. The van der Waals surface area contributed by atoms with Crippen LogP contribution in [0.15, 0.2) is 65.8 Å². The predicted octanol–water partition coefficient (Wildman–Crippen LogP) is 10.2. The molecule has 0 saturated heterocycles. The quantitative estimate of drug-likeness (QED) is 0.201. The first kappa shape index (κ1) is 37.0. The van der Waals surface area contributed by atoms with Crippen LogP contribution >= 0.6 is 23.4 Å². The zero-order chi connectivity index (χ0) is 30.7. The predicted molar refractivity (Wildman–Crippen MR) is 172 cm³/mol. The van der Waals surface area contributed by atoms with Crippen molar-refractivity contribution < 1.29 is 24.5 Å². The summed E-state index contributed by atoms with van der Waals surface area (Å²) in [5, 5.41) is 21.2. The second kappa shape index (κ2) is 20.9. The minimum Gasteiger partial charge on any atom is -0.508 e. The second-order valence-corrected chi connectivity index (χ2v) is 10.6. The van der Waals surface area contributed by atoms with Crippen LogP contribution in [-0.4, -0.2) is 27.7 Å². The lowest BCUT2D eigenvalue weighted by atomic mass is 9.94. The molecule has 0 bridgehead atoms. The Morgan fingerprint density at radius 1 is 1.00 bits per heavy atom. The Bertz CT molecular complexity index is 1170. The third-order valence-electron chi connectivity index (χ3n) is 5.49. The minimum atomic E-state index is -1.05. The number of carboxylic acid groups (broad SMARTS) is 1. The van der Waals surface area contributed by atoms with Crippen LogP contribution in [0.4, 0.5) is 0 Å². The maximum Gasteiger partial charge on any atom is 0.336 e. The third-order valence-corrected chi connectivity index (χ3v) is 6.66. The summed E-state index contributed by atoms with van der Waals surface area (Å²) in [5.41, 5.74) is 3.07. The van der Waals surface area contributed by atoms with Gasteiger partial charge in [0.25, 0.3) is 0 Å². The first-order valence-corrected chi connectivity index (χ1v) is 15.1. The van der Waals surface area contributed by atoms with Gasteiger partial charge in [0.15, 0.2) is 5.78 Å². The van der Waals surface area contributed by atoms with E-state index in [0.717, 1.165) is 29.7 Å². The second-order valence-electron chi connectivity index (χ2n) is 9.00. The number of thioether (sulfide) groups is 1. The van der Waals surface area contributed by atoms with Crippen molar-refractivity contribution in [3.63, 3.8) is 0 Å². The largest absolute Gasteiger partial charge is 0.508 e. The van der Waals surface area contributed by atoms with Crippen LogP contribution in [-0.2, 0) is 9.53 Å². The normalized spacial score (nSPS) is 12.4. The van der Waals surface area contributed by atoms with E-state index in [1.54, 1.807) is 49.0 Å². The number of carbonyl (C=O) groups is 2. The van der Waals surface area contributed by atoms with Crippen LogP contribution in [0, 0.1) is 5.92 Å². The molecule has 0 aromatic heterocycles.